The number of esters is 1. The Morgan fingerprint density at radius 1 is 1.19 bits per heavy atom. The first-order chi connectivity index (χ1) is 13.1. The Kier molecular flexibility index (Phi) is 4.65. The van der Waals surface area contributed by atoms with E-state index in [-0.39, 0.29) is 24.7 Å². The molecule has 0 bridgehead atoms. The molecule has 8 heteroatoms. The molecule has 2 fully saturated rings. The largest absolute Gasteiger partial charge is 0.443 e. The van der Waals surface area contributed by atoms with Crippen molar-refractivity contribution in [3.63, 3.8) is 0 Å². The summed E-state index contributed by atoms with van der Waals surface area (Å²) in [6.45, 7) is 0.718. The van der Waals surface area contributed by atoms with Crippen LogP contribution in [0.5, 0.6) is 0 Å². The fourth-order valence-corrected chi connectivity index (χ4v) is 3.74. The van der Waals surface area contributed by atoms with Gasteiger partial charge in [-0.1, -0.05) is 18.2 Å². The van der Waals surface area contributed by atoms with Crippen LogP contribution < -0.4 is 0 Å². The van der Waals surface area contributed by atoms with Crippen LogP contribution in [0.25, 0.3) is 0 Å². The molecule has 8 nitrogen and oxygen atoms in total. The first-order valence-electron chi connectivity index (χ1n) is 9.03. The molecule has 2 unspecified atom stereocenters. The van der Waals surface area contributed by atoms with Gasteiger partial charge < -0.3 is 14.4 Å². The fraction of sp³-hybridized carbons (Fsp3) is 0.474. The highest BCUT2D eigenvalue weighted by molar-refractivity contribution is 6.05. The molecule has 0 radical (unpaired) electrons. The molecule has 4 rings (SSSR count). The van der Waals surface area contributed by atoms with E-state index in [1.165, 1.54) is 4.90 Å². The molecule has 2 atom stereocenters. The average Bonchev–Trinajstić information content (AvgIpc) is 3.31. The molecule has 3 amide bonds. The third-order valence-corrected chi connectivity index (χ3v) is 5.31. The Labute approximate surface area is 156 Å². The van der Waals surface area contributed by atoms with Crippen molar-refractivity contribution >= 4 is 23.7 Å². The number of piperidine rings is 1. The molecule has 3 aliphatic heterocycles. The van der Waals surface area contributed by atoms with Gasteiger partial charge in [0.25, 0.3) is 11.8 Å². The summed E-state index contributed by atoms with van der Waals surface area (Å²) in [4.78, 5) is 52.1. The first-order valence-corrected chi connectivity index (χ1v) is 9.03. The van der Waals surface area contributed by atoms with Gasteiger partial charge in [-0.05, 0) is 24.5 Å². The molecule has 142 valence electrons. The Bertz CT molecular complexity index is 801. The van der Waals surface area contributed by atoms with Crippen molar-refractivity contribution in [2.75, 3.05) is 19.9 Å². The van der Waals surface area contributed by atoms with Gasteiger partial charge in [0.1, 0.15) is 6.04 Å². The molecule has 1 aromatic carbocycles. The number of rotatable bonds is 4. The van der Waals surface area contributed by atoms with Gasteiger partial charge in [-0.2, -0.15) is 0 Å². The minimum Gasteiger partial charge on any atom is -0.443 e. The van der Waals surface area contributed by atoms with Crippen molar-refractivity contribution in [1.29, 1.82) is 0 Å². The zero-order chi connectivity index (χ0) is 19.0. The van der Waals surface area contributed by atoms with E-state index in [0.29, 0.717) is 31.7 Å². The van der Waals surface area contributed by atoms with Crippen LogP contribution in [0.4, 0.5) is 0 Å². The van der Waals surface area contributed by atoms with E-state index >= 15 is 0 Å². The van der Waals surface area contributed by atoms with Crippen LogP contribution in [0.3, 0.4) is 0 Å². The maximum atomic E-state index is 12.8. The normalized spacial score (nSPS) is 25.1. The quantitative estimate of drug-likeness (QED) is 0.570. The molecule has 2 saturated heterocycles. The van der Waals surface area contributed by atoms with Gasteiger partial charge in [0.15, 0.2) is 6.73 Å². The van der Waals surface area contributed by atoms with Crippen molar-refractivity contribution < 1.29 is 28.7 Å². The molecule has 27 heavy (non-hydrogen) atoms. The molecule has 3 aliphatic rings. The third kappa shape index (κ3) is 3.21. The topological polar surface area (TPSA) is 93.2 Å². The van der Waals surface area contributed by atoms with Crippen LogP contribution in [0.2, 0.25) is 0 Å². The van der Waals surface area contributed by atoms with Crippen molar-refractivity contribution in [3.8, 4) is 0 Å². The first kappa shape index (κ1) is 17.7. The number of fused-ring (bicyclic) bond motifs is 1. The van der Waals surface area contributed by atoms with Crippen molar-refractivity contribution in [3.05, 3.63) is 35.4 Å². The molecule has 1 aromatic rings. The molecule has 0 aliphatic carbocycles. The number of nitrogens with zero attached hydrogens (tertiary/aromatic N) is 2. The van der Waals surface area contributed by atoms with Gasteiger partial charge in [-0.25, -0.2) is 4.90 Å². The van der Waals surface area contributed by atoms with Crippen LogP contribution in [-0.4, -0.2) is 59.5 Å². The Balaban J connectivity index is 1.43. The summed E-state index contributed by atoms with van der Waals surface area (Å²) in [5.41, 5.74) is 1.45. The lowest BCUT2D eigenvalue weighted by Crippen LogP contribution is -2.55. The smallest absolute Gasteiger partial charge is 0.313 e. The average molecular weight is 372 g/mol. The van der Waals surface area contributed by atoms with Gasteiger partial charge in [0.2, 0.25) is 5.91 Å². The van der Waals surface area contributed by atoms with Gasteiger partial charge in [0, 0.05) is 25.1 Å². The highest BCUT2D eigenvalue weighted by atomic mass is 16.6. The highest BCUT2D eigenvalue weighted by Gasteiger charge is 2.43. The number of hydrogen-bond donors (Lipinski definition) is 0. The summed E-state index contributed by atoms with van der Waals surface area (Å²) >= 11 is 0. The van der Waals surface area contributed by atoms with Crippen molar-refractivity contribution in [2.24, 2.45) is 5.92 Å². The van der Waals surface area contributed by atoms with E-state index in [9.17, 15) is 19.2 Å². The number of benzene rings is 1. The second kappa shape index (κ2) is 7.11. The summed E-state index contributed by atoms with van der Waals surface area (Å²) in [6.07, 6.45) is 0.975. The maximum absolute atomic E-state index is 12.8. The van der Waals surface area contributed by atoms with E-state index in [1.807, 2.05) is 12.1 Å². The summed E-state index contributed by atoms with van der Waals surface area (Å²) in [5, 5.41) is 0. The lowest BCUT2D eigenvalue weighted by molar-refractivity contribution is -0.166. The minimum atomic E-state index is -0.726. The SMILES string of the molecule is O=C(OCN1C(=O)CCC(N2Cc3ccccc3C2=O)C1=O)C1CCOC1. The lowest BCUT2D eigenvalue weighted by Gasteiger charge is -2.35. The Hall–Kier alpha value is -2.74. The van der Waals surface area contributed by atoms with E-state index in [4.69, 9.17) is 9.47 Å². The van der Waals surface area contributed by atoms with E-state index in [1.54, 1.807) is 12.1 Å². The van der Waals surface area contributed by atoms with E-state index < -0.39 is 30.6 Å². The predicted octanol–water partition coefficient (Wildman–Crippen LogP) is 0.697. The molecule has 0 saturated carbocycles. The lowest BCUT2D eigenvalue weighted by atomic mass is 10.0. The van der Waals surface area contributed by atoms with Gasteiger partial charge >= 0.3 is 5.97 Å². The summed E-state index contributed by atoms with van der Waals surface area (Å²) in [5.74, 6) is -1.93. The van der Waals surface area contributed by atoms with Crippen LogP contribution in [-0.2, 0) is 30.4 Å². The second-order valence-corrected chi connectivity index (χ2v) is 6.96. The molecule has 3 heterocycles. The van der Waals surface area contributed by atoms with E-state index in [2.05, 4.69) is 0 Å². The van der Waals surface area contributed by atoms with Gasteiger partial charge in [-0.3, -0.25) is 19.2 Å². The van der Waals surface area contributed by atoms with Gasteiger partial charge in [-0.15, -0.1) is 0 Å². The number of carbonyl (C=O) groups excluding carboxylic acids is 4. The fourth-order valence-electron chi connectivity index (χ4n) is 3.74. The minimum absolute atomic E-state index is 0.126. The summed E-state index contributed by atoms with van der Waals surface area (Å²) in [7, 11) is 0. The zero-order valence-corrected chi connectivity index (χ0v) is 14.8. The number of imide groups is 1. The van der Waals surface area contributed by atoms with Gasteiger partial charge in [0.05, 0.1) is 12.5 Å². The third-order valence-electron chi connectivity index (χ3n) is 5.31. The molecule has 0 spiro atoms. The number of ether oxygens (including phenoxy) is 2. The number of amides is 3. The van der Waals surface area contributed by atoms with E-state index in [0.717, 1.165) is 10.5 Å². The molecular formula is C19H20N2O6. The van der Waals surface area contributed by atoms with Crippen LogP contribution >= 0.6 is 0 Å². The summed E-state index contributed by atoms with van der Waals surface area (Å²) in [6, 6.07) is 6.50. The monoisotopic (exact) mass is 372 g/mol. The van der Waals surface area contributed by atoms with Crippen LogP contribution in [0.15, 0.2) is 24.3 Å². The zero-order valence-electron chi connectivity index (χ0n) is 14.8. The molecule has 0 N–H and O–H groups in total. The maximum Gasteiger partial charge on any atom is 0.313 e. The second-order valence-electron chi connectivity index (χ2n) is 6.96. The highest BCUT2D eigenvalue weighted by Crippen LogP contribution is 2.29. The summed E-state index contributed by atoms with van der Waals surface area (Å²) < 4.78 is 10.3. The van der Waals surface area contributed by atoms with Crippen LogP contribution in [0.1, 0.15) is 35.2 Å². The van der Waals surface area contributed by atoms with Crippen molar-refractivity contribution in [1.82, 2.24) is 9.80 Å². The number of carbonyl (C=O) groups is 4. The number of hydrogen-bond acceptors (Lipinski definition) is 6. The standard InChI is InChI=1S/C19H20N2O6/c22-16-6-5-15(20-9-12-3-1-2-4-14(12)17(20)23)18(24)21(16)11-27-19(25)13-7-8-26-10-13/h1-4,13,15H,5-11H2. The molecule has 0 aromatic heterocycles. The Morgan fingerprint density at radius 2 is 2.00 bits per heavy atom. The Morgan fingerprint density at radius 3 is 2.74 bits per heavy atom. The molecular weight excluding hydrogens is 352 g/mol. The van der Waals surface area contributed by atoms with Crippen LogP contribution in [0, 0.1) is 5.92 Å². The van der Waals surface area contributed by atoms with Crippen molar-refractivity contribution in [2.45, 2.75) is 31.8 Å². The number of likely N-dealkylation sites (tertiary alicyclic amines) is 1. The predicted molar refractivity (Wildman–Crippen MR) is 91.1 cm³/mol.